The maximum Gasteiger partial charge on any atom is 0.309 e. The zero-order chi connectivity index (χ0) is 22.0. The first kappa shape index (κ1) is 21.2. The van der Waals surface area contributed by atoms with Crippen molar-refractivity contribution < 1.29 is 19.1 Å². The fraction of sp³-hybridized carbons (Fsp3) is 0.435. The highest BCUT2D eigenvalue weighted by atomic mass is 19.1. The number of rotatable bonds is 7. The minimum absolute atomic E-state index is 0.346. The minimum atomic E-state index is -0.859. The molecule has 1 fully saturated rings. The molecule has 2 aromatic rings. The number of hydrogen-bond acceptors (Lipinski definition) is 5. The molecule has 164 valence electrons. The highest BCUT2D eigenvalue weighted by Gasteiger charge is 2.45. The molecule has 2 aliphatic rings. The highest BCUT2D eigenvalue weighted by molar-refractivity contribution is 6.01. The second kappa shape index (κ2) is 8.63. The largest absolute Gasteiger partial charge is 0.481 e. The lowest BCUT2D eigenvalue weighted by molar-refractivity contribution is -0.155. The van der Waals surface area contributed by atoms with E-state index >= 15 is 0 Å². The van der Waals surface area contributed by atoms with E-state index in [2.05, 4.69) is 21.7 Å². The maximum atomic E-state index is 14.1. The molecule has 0 unspecified atom stereocenters. The van der Waals surface area contributed by atoms with Crippen LogP contribution in [0.4, 0.5) is 4.39 Å². The Kier molecular flexibility index (Phi) is 5.91. The monoisotopic (exact) mass is 426 g/mol. The van der Waals surface area contributed by atoms with E-state index in [0.717, 1.165) is 17.8 Å². The van der Waals surface area contributed by atoms with Gasteiger partial charge in [-0.25, -0.2) is 9.07 Å². The van der Waals surface area contributed by atoms with Crippen LogP contribution in [0, 0.1) is 18.2 Å². The van der Waals surface area contributed by atoms with Crippen molar-refractivity contribution in [2.75, 3.05) is 13.1 Å². The molecule has 1 aromatic heterocycles. The van der Waals surface area contributed by atoms with Crippen molar-refractivity contribution >= 4 is 17.9 Å². The molecule has 0 aliphatic carbocycles. The summed E-state index contributed by atoms with van der Waals surface area (Å²) >= 11 is 0. The van der Waals surface area contributed by atoms with Crippen LogP contribution in [0.1, 0.15) is 42.5 Å². The predicted molar refractivity (Wildman–Crippen MR) is 115 cm³/mol. The number of aryl methyl sites for hydroxylation is 1. The molecular weight excluding hydrogens is 399 g/mol. The first-order valence-electron chi connectivity index (χ1n) is 10.5. The Bertz CT molecular complexity index is 1010. The van der Waals surface area contributed by atoms with E-state index in [1.807, 2.05) is 13.1 Å². The molecule has 3 heterocycles. The van der Waals surface area contributed by atoms with Crippen LogP contribution < -0.4 is 0 Å². The Morgan fingerprint density at radius 3 is 2.77 bits per heavy atom. The Balaban J connectivity index is 1.37. The van der Waals surface area contributed by atoms with Crippen molar-refractivity contribution in [2.45, 2.75) is 45.3 Å². The first-order valence-corrected chi connectivity index (χ1v) is 10.5. The number of carbonyl (C=O) groups is 1. The van der Waals surface area contributed by atoms with Gasteiger partial charge in [0, 0.05) is 42.9 Å². The van der Waals surface area contributed by atoms with Gasteiger partial charge in [0.25, 0.3) is 0 Å². The fourth-order valence-corrected chi connectivity index (χ4v) is 4.48. The number of nitrogens with zero attached hydrogens (tertiary/aromatic N) is 4. The Morgan fingerprint density at radius 2 is 2.13 bits per heavy atom. The number of piperidine rings is 1. The number of carboxylic acids is 1. The van der Waals surface area contributed by atoms with Crippen LogP contribution in [-0.4, -0.2) is 50.7 Å². The lowest BCUT2D eigenvalue weighted by atomic mass is 9.73. The highest BCUT2D eigenvalue weighted by Crippen LogP contribution is 2.39. The van der Waals surface area contributed by atoms with Crippen LogP contribution in [-0.2, 0) is 16.2 Å². The summed E-state index contributed by atoms with van der Waals surface area (Å²) in [4.78, 5) is 20.0. The molecule has 0 spiro atoms. The number of likely N-dealkylation sites (tertiary alicyclic amines) is 1. The molecular formula is C23H27FN4O3. The van der Waals surface area contributed by atoms with Crippen LogP contribution in [0.2, 0.25) is 0 Å². The van der Waals surface area contributed by atoms with Gasteiger partial charge in [-0.15, -0.1) is 0 Å². The number of aromatic nitrogens is 2. The molecule has 1 N–H and O–H groups in total. The number of oxime groups is 1. The molecule has 4 rings (SSSR count). The number of carboxylic acid groups (broad SMARTS) is 1. The Morgan fingerprint density at radius 1 is 1.39 bits per heavy atom. The normalized spacial score (nSPS) is 20.8. The third kappa shape index (κ3) is 4.39. The van der Waals surface area contributed by atoms with Crippen molar-refractivity contribution in [2.24, 2.45) is 10.6 Å². The number of halogens is 1. The van der Waals surface area contributed by atoms with Gasteiger partial charge < -0.3 is 9.94 Å². The first-order chi connectivity index (χ1) is 14.9. The Labute approximate surface area is 180 Å². The van der Waals surface area contributed by atoms with Crippen molar-refractivity contribution in [1.82, 2.24) is 14.7 Å². The summed E-state index contributed by atoms with van der Waals surface area (Å²) < 4.78 is 15.8. The third-order valence-electron chi connectivity index (χ3n) is 6.40. The van der Waals surface area contributed by atoms with Crippen LogP contribution in [0.3, 0.4) is 0 Å². The summed E-state index contributed by atoms with van der Waals surface area (Å²) in [6, 6.07) is 6.44. The minimum Gasteiger partial charge on any atom is -0.481 e. The predicted octanol–water partition coefficient (Wildman–Crippen LogP) is 3.68. The maximum absolute atomic E-state index is 14.1. The van der Waals surface area contributed by atoms with Crippen LogP contribution in [0.15, 0.2) is 42.2 Å². The van der Waals surface area contributed by atoms with Gasteiger partial charge in [-0.3, -0.25) is 9.69 Å². The number of hydrogen-bond donors (Lipinski definition) is 1. The SMILES string of the molecule is C=Cn1cc(CN2CCC(C[C@@H]3CC(c4ccccc4F)=NO3)(C(=O)O)CC2)c(C)n1. The van der Waals surface area contributed by atoms with Crippen LogP contribution in [0.5, 0.6) is 0 Å². The summed E-state index contributed by atoms with van der Waals surface area (Å²) in [6.45, 7) is 7.78. The van der Waals surface area contributed by atoms with Gasteiger partial charge in [0.1, 0.15) is 11.9 Å². The Hall–Kier alpha value is -3.00. The summed E-state index contributed by atoms with van der Waals surface area (Å²) in [5.74, 6) is -1.15. The zero-order valence-corrected chi connectivity index (χ0v) is 17.6. The summed E-state index contributed by atoms with van der Waals surface area (Å²) in [6.07, 6.45) is 5.10. The van der Waals surface area contributed by atoms with Crippen molar-refractivity contribution in [3.05, 3.63) is 59.7 Å². The van der Waals surface area contributed by atoms with E-state index in [4.69, 9.17) is 4.84 Å². The van der Waals surface area contributed by atoms with E-state index < -0.39 is 11.4 Å². The second-order valence-corrected chi connectivity index (χ2v) is 8.42. The third-order valence-corrected chi connectivity index (χ3v) is 6.40. The lowest BCUT2D eigenvalue weighted by Gasteiger charge is -2.39. The summed E-state index contributed by atoms with van der Waals surface area (Å²) in [5.41, 5.74) is 2.16. The molecule has 0 bridgehead atoms. The standard InChI is InChI=1S/C23H27FN4O3/c1-3-28-15-17(16(2)25-28)14-27-10-8-23(9-11-27,22(29)30)13-18-12-21(26-31-18)19-6-4-5-7-20(19)24/h3-7,15,18H,1,8-14H2,2H3,(H,29,30)/t18-/m0/s1. The molecule has 0 radical (unpaired) electrons. The van der Waals surface area contributed by atoms with E-state index in [1.165, 1.54) is 6.07 Å². The zero-order valence-electron chi connectivity index (χ0n) is 17.6. The van der Waals surface area contributed by atoms with Gasteiger partial charge in [-0.1, -0.05) is 29.9 Å². The topological polar surface area (TPSA) is 80.0 Å². The molecule has 0 saturated carbocycles. The van der Waals surface area contributed by atoms with Gasteiger partial charge in [0.15, 0.2) is 0 Å². The molecule has 1 atom stereocenters. The van der Waals surface area contributed by atoms with Crippen LogP contribution >= 0.6 is 0 Å². The molecule has 31 heavy (non-hydrogen) atoms. The number of benzene rings is 1. The fourth-order valence-electron chi connectivity index (χ4n) is 4.48. The molecule has 7 nitrogen and oxygen atoms in total. The van der Waals surface area contributed by atoms with E-state index in [0.29, 0.717) is 50.0 Å². The lowest BCUT2D eigenvalue weighted by Crippen LogP contribution is -2.45. The van der Waals surface area contributed by atoms with Gasteiger partial charge >= 0.3 is 5.97 Å². The summed E-state index contributed by atoms with van der Waals surface area (Å²) in [7, 11) is 0. The average molecular weight is 426 g/mol. The number of aliphatic carboxylic acids is 1. The molecule has 1 aromatic carbocycles. The van der Waals surface area contributed by atoms with E-state index in [1.54, 1.807) is 29.1 Å². The molecule has 8 heteroatoms. The van der Waals surface area contributed by atoms with Crippen LogP contribution in [0.25, 0.3) is 6.20 Å². The van der Waals surface area contributed by atoms with Gasteiger partial charge in [0.05, 0.1) is 16.8 Å². The molecule has 1 saturated heterocycles. The second-order valence-electron chi connectivity index (χ2n) is 8.42. The quantitative estimate of drug-likeness (QED) is 0.731. The van der Waals surface area contributed by atoms with E-state index in [-0.39, 0.29) is 11.9 Å². The van der Waals surface area contributed by atoms with Gasteiger partial charge in [0.2, 0.25) is 0 Å². The molecule has 0 amide bonds. The van der Waals surface area contributed by atoms with Crippen molar-refractivity contribution in [1.29, 1.82) is 0 Å². The smallest absolute Gasteiger partial charge is 0.309 e. The van der Waals surface area contributed by atoms with Gasteiger partial charge in [-0.2, -0.15) is 5.10 Å². The summed E-state index contributed by atoms with van der Waals surface area (Å²) in [5, 5.41) is 18.5. The van der Waals surface area contributed by atoms with Crippen molar-refractivity contribution in [3.8, 4) is 0 Å². The van der Waals surface area contributed by atoms with E-state index in [9.17, 15) is 14.3 Å². The van der Waals surface area contributed by atoms with Crippen molar-refractivity contribution in [3.63, 3.8) is 0 Å². The van der Waals surface area contributed by atoms with Gasteiger partial charge in [-0.05, 0) is 38.9 Å². The molecule has 2 aliphatic heterocycles. The average Bonchev–Trinajstić information content (AvgIpc) is 3.36.